The fourth-order valence-corrected chi connectivity index (χ4v) is 4.13. The van der Waals surface area contributed by atoms with Gasteiger partial charge in [0.1, 0.15) is 18.0 Å². The normalized spacial score (nSPS) is 14.5. The second-order valence-corrected chi connectivity index (χ2v) is 7.01. The van der Waals surface area contributed by atoms with Gasteiger partial charge in [-0.1, -0.05) is 23.4 Å². The number of anilines is 1. The molecular formula is C22H19N5O3. The number of hydrogen-bond acceptors (Lipinski definition) is 7. The average Bonchev–Trinajstić information content (AvgIpc) is 3.15. The second-order valence-electron chi connectivity index (χ2n) is 7.01. The molecule has 1 atom stereocenters. The summed E-state index contributed by atoms with van der Waals surface area (Å²) in [5.74, 6) is 1.42. The molecule has 8 nitrogen and oxygen atoms in total. The van der Waals surface area contributed by atoms with E-state index >= 15 is 0 Å². The maximum atomic E-state index is 11.1. The van der Waals surface area contributed by atoms with Gasteiger partial charge >= 0.3 is 0 Å². The van der Waals surface area contributed by atoms with Crippen molar-refractivity contribution in [3.63, 3.8) is 0 Å². The van der Waals surface area contributed by atoms with Crippen molar-refractivity contribution in [3.05, 3.63) is 70.4 Å². The van der Waals surface area contributed by atoms with Gasteiger partial charge in [0.05, 0.1) is 26.0 Å². The second kappa shape index (κ2) is 7.14. The highest BCUT2D eigenvalue weighted by Gasteiger charge is 2.30. The molecule has 4 aromatic rings. The van der Waals surface area contributed by atoms with E-state index in [2.05, 4.69) is 25.7 Å². The number of fused-ring (bicyclic) bond motifs is 2. The van der Waals surface area contributed by atoms with Crippen LogP contribution < -0.4 is 14.8 Å². The average molecular weight is 401 g/mol. The van der Waals surface area contributed by atoms with Crippen molar-refractivity contribution < 1.29 is 9.47 Å². The van der Waals surface area contributed by atoms with Crippen molar-refractivity contribution >= 4 is 16.7 Å². The van der Waals surface area contributed by atoms with Gasteiger partial charge in [-0.3, -0.25) is 0 Å². The number of benzene rings is 2. The lowest BCUT2D eigenvalue weighted by molar-refractivity contribution is 0.390. The molecule has 0 amide bonds. The molecular weight excluding hydrogens is 382 g/mol. The number of methoxy groups -OCH3 is 2. The molecule has 150 valence electrons. The minimum Gasteiger partial charge on any atom is -0.497 e. The predicted octanol–water partition coefficient (Wildman–Crippen LogP) is 4.42. The lowest BCUT2D eigenvalue weighted by Gasteiger charge is -2.22. The minimum atomic E-state index is -0.219. The van der Waals surface area contributed by atoms with E-state index in [1.165, 1.54) is 0 Å². The Balaban J connectivity index is 1.83. The summed E-state index contributed by atoms with van der Waals surface area (Å²) in [6.07, 6.45) is 1.92. The van der Waals surface area contributed by atoms with Crippen LogP contribution in [0.2, 0.25) is 0 Å². The highest BCUT2D eigenvalue weighted by atomic mass is 16.5. The largest absolute Gasteiger partial charge is 0.497 e. The molecule has 0 bridgehead atoms. The molecule has 1 aliphatic heterocycles. The van der Waals surface area contributed by atoms with Gasteiger partial charge in [-0.05, 0) is 18.2 Å². The first-order valence-electron chi connectivity index (χ1n) is 9.48. The van der Waals surface area contributed by atoms with Crippen molar-refractivity contribution in [2.24, 2.45) is 5.18 Å². The Labute approximate surface area is 172 Å². The number of para-hydroxylation sites is 1. The number of ether oxygens (including phenoxy) is 2. The standard InChI is InChI=1S/C22H19N5O3/c1-29-12-7-8-14(18(9-12)30-2)21-15-10-23-22-20(15)19(17(11-24-28)26-27-22)13-5-3-4-6-16(13)25-21/h3-10,21,25H,11H2,1-2H3,(H,23,27). The third-order valence-corrected chi connectivity index (χ3v) is 5.47. The molecule has 1 aliphatic rings. The summed E-state index contributed by atoms with van der Waals surface area (Å²) in [6, 6.07) is 13.5. The Bertz CT molecular complexity index is 1270. The van der Waals surface area contributed by atoms with E-state index in [0.717, 1.165) is 39.1 Å². The van der Waals surface area contributed by atoms with Crippen LogP contribution in [0.3, 0.4) is 0 Å². The van der Waals surface area contributed by atoms with Crippen molar-refractivity contribution in [1.82, 2.24) is 15.2 Å². The molecule has 2 aromatic carbocycles. The molecule has 2 aromatic heterocycles. The van der Waals surface area contributed by atoms with Crippen LogP contribution >= 0.6 is 0 Å². The first kappa shape index (κ1) is 18.1. The van der Waals surface area contributed by atoms with Crippen LogP contribution in [-0.4, -0.2) is 29.4 Å². The minimum absolute atomic E-state index is 0.0479. The number of aromatic nitrogens is 3. The van der Waals surface area contributed by atoms with Gasteiger partial charge in [0.25, 0.3) is 0 Å². The lowest BCUT2D eigenvalue weighted by atomic mass is 9.95. The summed E-state index contributed by atoms with van der Waals surface area (Å²) < 4.78 is 11.0. The van der Waals surface area contributed by atoms with E-state index in [0.29, 0.717) is 17.1 Å². The molecule has 3 heterocycles. The van der Waals surface area contributed by atoms with Gasteiger partial charge < -0.3 is 19.8 Å². The Kier molecular flexibility index (Phi) is 4.31. The maximum Gasteiger partial charge on any atom is 0.160 e. The number of nitroso groups, excluding NO2 is 1. The molecule has 30 heavy (non-hydrogen) atoms. The first-order chi connectivity index (χ1) is 14.7. The number of nitrogens with one attached hydrogen (secondary N) is 2. The van der Waals surface area contributed by atoms with Crippen LogP contribution in [0, 0.1) is 4.91 Å². The number of aromatic amines is 1. The molecule has 5 rings (SSSR count). The predicted molar refractivity (Wildman–Crippen MR) is 114 cm³/mol. The molecule has 0 aliphatic carbocycles. The van der Waals surface area contributed by atoms with Crippen molar-refractivity contribution in [2.45, 2.75) is 12.6 Å². The van der Waals surface area contributed by atoms with E-state index in [1.807, 2.05) is 48.7 Å². The first-order valence-corrected chi connectivity index (χ1v) is 9.48. The molecule has 0 radical (unpaired) electrons. The molecule has 2 N–H and O–H groups in total. The maximum absolute atomic E-state index is 11.1. The number of H-pyrrole nitrogens is 1. The van der Waals surface area contributed by atoms with Gasteiger partial charge in [0.2, 0.25) is 0 Å². The van der Waals surface area contributed by atoms with Gasteiger partial charge in [-0.15, -0.1) is 5.10 Å². The van der Waals surface area contributed by atoms with Gasteiger partial charge in [0, 0.05) is 45.6 Å². The third-order valence-electron chi connectivity index (χ3n) is 5.47. The summed E-state index contributed by atoms with van der Waals surface area (Å²) in [4.78, 5) is 14.3. The highest BCUT2D eigenvalue weighted by molar-refractivity contribution is 6.02. The van der Waals surface area contributed by atoms with Gasteiger partial charge in [0.15, 0.2) is 5.65 Å². The van der Waals surface area contributed by atoms with E-state index in [-0.39, 0.29) is 12.6 Å². The SMILES string of the molecule is COc1ccc(C2Nc3ccccc3-c3c(CN=O)nnc4[nH]cc2c34)c(OC)c1. The topological polar surface area (TPSA) is 101 Å². The zero-order valence-electron chi connectivity index (χ0n) is 16.5. The molecule has 0 saturated heterocycles. The molecule has 8 heteroatoms. The number of rotatable bonds is 5. The van der Waals surface area contributed by atoms with Crippen LogP contribution in [0.5, 0.6) is 11.5 Å². The monoisotopic (exact) mass is 401 g/mol. The van der Waals surface area contributed by atoms with E-state index in [4.69, 9.17) is 9.47 Å². The third kappa shape index (κ3) is 2.68. The smallest absolute Gasteiger partial charge is 0.160 e. The Morgan fingerprint density at radius 2 is 1.93 bits per heavy atom. The van der Waals surface area contributed by atoms with Crippen LogP contribution in [-0.2, 0) is 6.54 Å². The molecule has 0 spiro atoms. The van der Waals surface area contributed by atoms with Crippen molar-refractivity contribution in [2.75, 3.05) is 19.5 Å². The van der Waals surface area contributed by atoms with Crippen LogP contribution in [0.4, 0.5) is 5.69 Å². The Morgan fingerprint density at radius 3 is 2.73 bits per heavy atom. The lowest BCUT2D eigenvalue weighted by Crippen LogP contribution is -2.12. The van der Waals surface area contributed by atoms with Crippen LogP contribution in [0.1, 0.15) is 22.9 Å². The summed E-state index contributed by atoms with van der Waals surface area (Å²) in [6.45, 7) is -0.0479. The van der Waals surface area contributed by atoms with Crippen LogP contribution in [0.25, 0.3) is 22.2 Å². The molecule has 0 saturated carbocycles. The van der Waals surface area contributed by atoms with Crippen LogP contribution in [0.15, 0.2) is 53.8 Å². The summed E-state index contributed by atoms with van der Waals surface area (Å²) in [5, 5.41) is 16.2. The van der Waals surface area contributed by atoms with Gasteiger partial charge in [-0.25, -0.2) is 0 Å². The highest BCUT2D eigenvalue weighted by Crippen LogP contribution is 2.46. The summed E-state index contributed by atoms with van der Waals surface area (Å²) in [5.41, 5.74) is 5.90. The van der Waals surface area contributed by atoms with Crippen molar-refractivity contribution in [1.29, 1.82) is 0 Å². The summed E-state index contributed by atoms with van der Waals surface area (Å²) in [7, 11) is 3.27. The van der Waals surface area contributed by atoms with Crippen molar-refractivity contribution in [3.8, 4) is 22.6 Å². The quantitative estimate of drug-likeness (QED) is 0.480. The number of hydrogen-bond donors (Lipinski definition) is 2. The van der Waals surface area contributed by atoms with E-state index in [9.17, 15) is 4.91 Å². The Hall–Kier alpha value is -3.94. The van der Waals surface area contributed by atoms with Gasteiger partial charge in [-0.2, -0.15) is 10.0 Å². The molecule has 1 unspecified atom stereocenters. The summed E-state index contributed by atoms with van der Waals surface area (Å²) >= 11 is 0. The fourth-order valence-electron chi connectivity index (χ4n) is 4.13. The fraction of sp³-hybridized carbons (Fsp3) is 0.182. The zero-order valence-corrected chi connectivity index (χ0v) is 16.5. The Morgan fingerprint density at radius 1 is 1.07 bits per heavy atom. The zero-order chi connectivity index (χ0) is 20.7. The number of nitrogens with zero attached hydrogens (tertiary/aromatic N) is 3. The van der Waals surface area contributed by atoms with E-state index in [1.54, 1.807) is 14.2 Å². The molecule has 0 fully saturated rings. The van der Waals surface area contributed by atoms with E-state index < -0.39 is 0 Å².